The molecule has 0 aromatic carbocycles. The SMILES string of the molecule is C=CC.CCCOC(=O)CC. The summed E-state index contributed by atoms with van der Waals surface area (Å²) < 4.78 is 4.70. The maximum absolute atomic E-state index is 10.3. The molecule has 0 aliphatic rings. The molecule has 0 amide bonds. The van der Waals surface area contributed by atoms with E-state index in [1.54, 1.807) is 13.0 Å². The van der Waals surface area contributed by atoms with Gasteiger partial charge in [-0.1, -0.05) is 19.9 Å². The molecular weight excluding hydrogens is 140 g/mol. The number of carbonyl (C=O) groups is 1. The Kier molecular flexibility index (Phi) is 13.9. The zero-order valence-corrected chi connectivity index (χ0v) is 7.72. The highest BCUT2D eigenvalue weighted by Crippen LogP contribution is 1.85. The lowest BCUT2D eigenvalue weighted by Gasteiger charge is -1.97. The summed E-state index contributed by atoms with van der Waals surface area (Å²) in [6.45, 7) is 9.58. The highest BCUT2D eigenvalue weighted by atomic mass is 16.5. The van der Waals surface area contributed by atoms with E-state index in [1.807, 2.05) is 13.8 Å². The lowest BCUT2D eigenvalue weighted by atomic mass is 10.5. The molecule has 0 saturated carbocycles. The van der Waals surface area contributed by atoms with Crippen LogP contribution in [0.3, 0.4) is 0 Å². The van der Waals surface area contributed by atoms with Crippen LogP contribution >= 0.6 is 0 Å². The van der Waals surface area contributed by atoms with E-state index in [0.29, 0.717) is 13.0 Å². The van der Waals surface area contributed by atoms with Gasteiger partial charge in [0.2, 0.25) is 0 Å². The summed E-state index contributed by atoms with van der Waals surface area (Å²) in [4.78, 5) is 10.3. The monoisotopic (exact) mass is 158 g/mol. The minimum Gasteiger partial charge on any atom is -0.466 e. The predicted octanol–water partition coefficient (Wildman–Crippen LogP) is 2.54. The van der Waals surface area contributed by atoms with Gasteiger partial charge < -0.3 is 4.74 Å². The van der Waals surface area contributed by atoms with E-state index in [2.05, 4.69) is 6.58 Å². The van der Waals surface area contributed by atoms with Crippen molar-refractivity contribution in [3.8, 4) is 0 Å². The summed E-state index contributed by atoms with van der Waals surface area (Å²) in [6.07, 6.45) is 3.14. The molecule has 0 fully saturated rings. The van der Waals surface area contributed by atoms with Crippen LogP contribution in [0.1, 0.15) is 33.6 Å². The summed E-state index contributed by atoms with van der Waals surface area (Å²) in [5.41, 5.74) is 0. The van der Waals surface area contributed by atoms with Gasteiger partial charge in [-0.2, -0.15) is 0 Å². The van der Waals surface area contributed by atoms with Gasteiger partial charge in [-0.15, -0.1) is 6.58 Å². The van der Waals surface area contributed by atoms with Gasteiger partial charge in [-0.3, -0.25) is 4.79 Å². The number of rotatable bonds is 3. The summed E-state index contributed by atoms with van der Waals surface area (Å²) in [5.74, 6) is -0.105. The second-order valence-corrected chi connectivity index (χ2v) is 1.98. The van der Waals surface area contributed by atoms with E-state index in [-0.39, 0.29) is 5.97 Å². The van der Waals surface area contributed by atoms with E-state index in [4.69, 9.17) is 4.74 Å². The molecule has 2 nitrogen and oxygen atoms in total. The third kappa shape index (κ3) is 17.6. The number of hydrogen-bond acceptors (Lipinski definition) is 2. The number of carbonyl (C=O) groups excluding carboxylic acids is 1. The van der Waals surface area contributed by atoms with Gasteiger partial charge in [0.05, 0.1) is 6.61 Å². The molecule has 0 radical (unpaired) electrons. The Balaban J connectivity index is 0. The molecule has 0 aliphatic heterocycles. The van der Waals surface area contributed by atoms with Crippen LogP contribution in [-0.2, 0) is 9.53 Å². The fourth-order valence-corrected chi connectivity index (χ4v) is 0.318. The molecule has 0 rings (SSSR count). The Labute approximate surface area is 69.3 Å². The van der Waals surface area contributed by atoms with Crippen molar-refractivity contribution < 1.29 is 9.53 Å². The molecular formula is C9H18O2. The molecule has 0 aromatic rings. The number of hydrogen-bond donors (Lipinski definition) is 0. The maximum atomic E-state index is 10.3. The zero-order valence-electron chi connectivity index (χ0n) is 7.72. The number of allylic oxidation sites excluding steroid dienone is 1. The van der Waals surface area contributed by atoms with E-state index in [9.17, 15) is 4.79 Å². The number of ether oxygens (including phenoxy) is 1. The van der Waals surface area contributed by atoms with Gasteiger partial charge in [-0.05, 0) is 13.3 Å². The molecule has 0 saturated heterocycles. The first-order valence-electron chi connectivity index (χ1n) is 3.95. The lowest BCUT2D eigenvalue weighted by Crippen LogP contribution is -2.02. The molecule has 0 unspecified atom stereocenters. The first-order valence-corrected chi connectivity index (χ1v) is 3.95. The largest absolute Gasteiger partial charge is 0.466 e. The molecule has 0 heterocycles. The second-order valence-electron chi connectivity index (χ2n) is 1.98. The molecule has 0 atom stereocenters. The van der Waals surface area contributed by atoms with E-state index >= 15 is 0 Å². The van der Waals surface area contributed by atoms with Crippen molar-refractivity contribution in [1.82, 2.24) is 0 Å². The highest BCUT2D eigenvalue weighted by Gasteiger charge is 1.93. The van der Waals surface area contributed by atoms with Gasteiger partial charge in [0.25, 0.3) is 0 Å². The van der Waals surface area contributed by atoms with Gasteiger partial charge in [0.15, 0.2) is 0 Å². The Morgan fingerprint density at radius 3 is 2.27 bits per heavy atom. The molecule has 66 valence electrons. The smallest absolute Gasteiger partial charge is 0.305 e. The van der Waals surface area contributed by atoms with Crippen molar-refractivity contribution >= 4 is 5.97 Å². The molecule has 0 aliphatic carbocycles. The minimum atomic E-state index is -0.105. The Morgan fingerprint density at radius 1 is 1.55 bits per heavy atom. The predicted molar refractivity (Wildman–Crippen MR) is 47.4 cm³/mol. The summed E-state index contributed by atoms with van der Waals surface area (Å²) in [5, 5.41) is 0. The first-order chi connectivity index (χ1) is 5.22. The van der Waals surface area contributed by atoms with Crippen LogP contribution in [0, 0.1) is 0 Å². The van der Waals surface area contributed by atoms with E-state index < -0.39 is 0 Å². The summed E-state index contributed by atoms with van der Waals surface area (Å²) in [7, 11) is 0. The molecule has 0 bridgehead atoms. The molecule has 0 spiro atoms. The van der Waals surface area contributed by atoms with Crippen molar-refractivity contribution in [3.05, 3.63) is 12.7 Å². The minimum absolute atomic E-state index is 0.105. The Morgan fingerprint density at radius 2 is 2.00 bits per heavy atom. The van der Waals surface area contributed by atoms with Crippen LogP contribution in [0.4, 0.5) is 0 Å². The lowest BCUT2D eigenvalue weighted by molar-refractivity contribution is -0.143. The highest BCUT2D eigenvalue weighted by molar-refractivity contribution is 5.68. The fourth-order valence-electron chi connectivity index (χ4n) is 0.318. The molecule has 11 heavy (non-hydrogen) atoms. The molecule has 0 aromatic heterocycles. The average Bonchev–Trinajstić information content (AvgIpc) is 2.02. The quantitative estimate of drug-likeness (QED) is 0.466. The summed E-state index contributed by atoms with van der Waals surface area (Å²) in [6, 6.07) is 0. The van der Waals surface area contributed by atoms with Crippen LogP contribution in [-0.4, -0.2) is 12.6 Å². The van der Waals surface area contributed by atoms with Crippen LogP contribution in [0.5, 0.6) is 0 Å². The van der Waals surface area contributed by atoms with Gasteiger partial charge in [0.1, 0.15) is 0 Å². The Hall–Kier alpha value is -0.790. The van der Waals surface area contributed by atoms with Gasteiger partial charge in [0, 0.05) is 6.42 Å². The van der Waals surface area contributed by atoms with Crippen LogP contribution in [0.2, 0.25) is 0 Å². The summed E-state index contributed by atoms with van der Waals surface area (Å²) >= 11 is 0. The van der Waals surface area contributed by atoms with E-state index in [0.717, 1.165) is 6.42 Å². The van der Waals surface area contributed by atoms with Crippen molar-refractivity contribution in [1.29, 1.82) is 0 Å². The molecule has 0 N–H and O–H groups in total. The van der Waals surface area contributed by atoms with Crippen molar-refractivity contribution in [3.63, 3.8) is 0 Å². The van der Waals surface area contributed by atoms with Crippen LogP contribution in [0.15, 0.2) is 12.7 Å². The third-order valence-electron chi connectivity index (χ3n) is 0.756. The van der Waals surface area contributed by atoms with Crippen LogP contribution in [0.25, 0.3) is 0 Å². The Bertz CT molecular complexity index is 97.7. The zero-order chi connectivity index (χ0) is 9.11. The van der Waals surface area contributed by atoms with Crippen LogP contribution < -0.4 is 0 Å². The van der Waals surface area contributed by atoms with Crippen molar-refractivity contribution in [2.45, 2.75) is 33.6 Å². The molecule has 2 heteroatoms. The fraction of sp³-hybridized carbons (Fsp3) is 0.667. The average molecular weight is 158 g/mol. The number of esters is 1. The van der Waals surface area contributed by atoms with E-state index in [1.165, 1.54) is 0 Å². The topological polar surface area (TPSA) is 26.3 Å². The maximum Gasteiger partial charge on any atom is 0.305 e. The van der Waals surface area contributed by atoms with Gasteiger partial charge in [-0.25, -0.2) is 0 Å². The van der Waals surface area contributed by atoms with Crippen molar-refractivity contribution in [2.24, 2.45) is 0 Å². The third-order valence-corrected chi connectivity index (χ3v) is 0.756. The first kappa shape index (κ1) is 12.8. The second kappa shape index (κ2) is 11.9. The van der Waals surface area contributed by atoms with Crippen molar-refractivity contribution in [2.75, 3.05) is 6.61 Å². The van der Waals surface area contributed by atoms with Gasteiger partial charge >= 0.3 is 5.97 Å². The standard InChI is InChI=1S/C6H12O2.C3H6/c1-3-5-8-6(7)4-2;1-3-2/h3-5H2,1-2H3;3H,1H2,2H3. The normalized spacial score (nSPS) is 7.55.